The number of carbonyl (C=O) groups excluding carboxylic acids is 2. The maximum absolute atomic E-state index is 12.6. The van der Waals surface area contributed by atoms with Crippen molar-refractivity contribution in [2.24, 2.45) is 0 Å². The molecule has 156 valence electrons. The highest BCUT2D eigenvalue weighted by Crippen LogP contribution is 2.32. The van der Waals surface area contributed by atoms with Crippen LogP contribution in [0.15, 0.2) is 64.1 Å². The van der Waals surface area contributed by atoms with Gasteiger partial charge in [-0.05, 0) is 61.9 Å². The van der Waals surface area contributed by atoms with Crippen LogP contribution in [0.2, 0.25) is 5.02 Å². The van der Waals surface area contributed by atoms with Gasteiger partial charge in [-0.15, -0.1) is 11.8 Å². The quantitative estimate of drug-likeness (QED) is 0.462. The van der Waals surface area contributed by atoms with Crippen LogP contribution >= 0.6 is 23.4 Å². The number of aryl methyl sites for hydroxylation is 1. The van der Waals surface area contributed by atoms with Crippen LogP contribution < -0.4 is 15.4 Å². The maximum atomic E-state index is 12.6. The van der Waals surface area contributed by atoms with Crippen molar-refractivity contribution < 1.29 is 18.7 Å². The van der Waals surface area contributed by atoms with Crippen LogP contribution in [0, 0.1) is 6.92 Å². The number of hydrogen-bond acceptors (Lipinski definition) is 5. The van der Waals surface area contributed by atoms with Gasteiger partial charge in [0.25, 0.3) is 5.91 Å². The van der Waals surface area contributed by atoms with Crippen LogP contribution in [0.5, 0.6) is 5.75 Å². The van der Waals surface area contributed by atoms with Gasteiger partial charge in [0, 0.05) is 21.7 Å². The lowest BCUT2D eigenvalue weighted by Crippen LogP contribution is -2.22. The average molecular weight is 445 g/mol. The minimum Gasteiger partial charge on any atom is -0.495 e. The van der Waals surface area contributed by atoms with Gasteiger partial charge < -0.3 is 19.8 Å². The number of thioether (sulfide) groups is 1. The van der Waals surface area contributed by atoms with E-state index in [1.807, 2.05) is 26.0 Å². The molecule has 0 aliphatic carbocycles. The lowest BCUT2D eigenvalue weighted by atomic mass is 10.2. The normalized spacial score (nSPS) is 11.6. The number of rotatable bonds is 7. The van der Waals surface area contributed by atoms with Crippen LogP contribution in [-0.2, 0) is 4.79 Å². The smallest absolute Gasteiger partial charge is 0.291 e. The van der Waals surface area contributed by atoms with Gasteiger partial charge in [-0.2, -0.15) is 0 Å². The highest BCUT2D eigenvalue weighted by Gasteiger charge is 2.17. The maximum Gasteiger partial charge on any atom is 0.291 e. The van der Waals surface area contributed by atoms with Crippen molar-refractivity contribution in [1.29, 1.82) is 0 Å². The number of amides is 2. The third-order valence-electron chi connectivity index (χ3n) is 4.28. The molecular weight excluding hydrogens is 424 g/mol. The number of methoxy groups -OCH3 is 1. The summed E-state index contributed by atoms with van der Waals surface area (Å²) in [7, 11) is 1.53. The Morgan fingerprint density at radius 3 is 2.50 bits per heavy atom. The Balaban J connectivity index is 1.60. The van der Waals surface area contributed by atoms with E-state index >= 15 is 0 Å². The van der Waals surface area contributed by atoms with Gasteiger partial charge in [-0.25, -0.2) is 0 Å². The highest BCUT2D eigenvalue weighted by atomic mass is 35.5. The third kappa shape index (κ3) is 5.37. The standard InChI is InChI=1S/C22H21ClN2O4S/c1-13-11-18(20(28-3)12-17(13)23)25-21(26)14(2)30-16-8-6-15(7-9-16)24-22(27)19-5-4-10-29-19/h4-12,14H,1-3H3,(H,24,27)(H,25,26). The van der Waals surface area contributed by atoms with E-state index in [1.165, 1.54) is 25.1 Å². The summed E-state index contributed by atoms with van der Waals surface area (Å²) in [6, 6.07) is 14.0. The molecule has 0 aliphatic rings. The number of furan rings is 1. The number of hydrogen-bond donors (Lipinski definition) is 2. The second-order valence-electron chi connectivity index (χ2n) is 6.51. The molecule has 0 bridgehead atoms. The zero-order valence-electron chi connectivity index (χ0n) is 16.7. The minimum atomic E-state index is -0.353. The number of nitrogens with one attached hydrogen (secondary N) is 2. The van der Waals surface area contributed by atoms with E-state index in [1.54, 1.807) is 36.4 Å². The Morgan fingerprint density at radius 2 is 1.87 bits per heavy atom. The summed E-state index contributed by atoms with van der Waals surface area (Å²) in [5, 5.41) is 5.87. The molecule has 6 nitrogen and oxygen atoms in total. The lowest BCUT2D eigenvalue weighted by Gasteiger charge is -2.15. The zero-order valence-corrected chi connectivity index (χ0v) is 18.3. The molecule has 0 spiro atoms. The van der Waals surface area contributed by atoms with E-state index in [2.05, 4.69) is 10.6 Å². The molecule has 3 aromatic rings. The van der Waals surface area contributed by atoms with Crippen molar-refractivity contribution in [2.75, 3.05) is 17.7 Å². The van der Waals surface area contributed by atoms with Crippen LogP contribution in [0.3, 0.4) is 0 Å². The molecule has 2 amide bonds. The van der Waals surface area contributed by atoms with Crippen molar-refractivity contribution in [1.82, 2.24) is 0 Å². The van der Waals surface area contributed by atoms with Crippen molar-refractivity contribution in [2.45, 2.75) is 24.0 Å². The summed E-state index contributed by atoms with van der Waals surface area (Å²) in [5.74, 6) is 0.273. The number of benzene rings is 2. The first kappa shape index (κ1) is 21.8. The third-order valence-corrected chi connectivity index (χ3v) is 5.80. The summed E-state index contributed by atoms with van der Waals surface area (Å²) in [4.78, 5) is 25.5. The summed E-state index contributed by atoms with van der Waals surface area (Å²) < 4.78 is 10.4. The number of ether oxygens (including phenoxy) is 1. The van der Waals surface area contributed by atoms with E-state index in [9.17, 15) is 9.59 Å². The molecule has 1 unspecified atom stereocenters. The molecule has 2 N–H and O–H groups in total. The molecule has 3 rings (SSSR count). The molecule has 0 saturated heterocycles. The van der Waals surface area contributed by atoms with Crippen LogP contribution in [0.4, 0.5) is 11.4 Å². The van der Waals surface area contributed by atoms with Gasteiger partial charge >= 0.3 is 0 Å². The fourth-order valence-electron chi connectivity index (χ4n) is 2.64. The number of halogens is 1. The molecule has 1 aromatic heterocycles. The summed E-state index contributed by atoms with van der Waals surface area (Å²) in [6.45, 7) is 3.68. The minimum absolute atomic E-state index is 0.157. The molecule has 8 heteroatoms. The van der Waals surface area contributed by atoms with Crippen molar-refractivity contribution in [3.63, 3.8) is 0 Å². The highest BCUT2D eigenvalue weighted by molar-refractivity contribution is 8.00. The summed E-state index contributed by atoms with van der Waals surface area (Å²) in [5.41, 5.74) is 2.06. The molecule has 0 saturated carbocycles. The second kappa shape index (κ2) is 9.73. The Kier molecular flexibility index (Phi) is 7.07. The molecule has 0 radical (unpaired) electrons. The average Bonchev–Trinajstić information content (AvgIpc) is 3.27. The van der Waals surface area contributed by atoms with Gasteiger partial charge in [0.15, 0.2) is 5.76 Å². The van der Waals surface area contributed by atoms with Gasteiger partial charge in [-0.3, -0.25) is 9.59 Å². The van der Waals surface area contributed by atoms with Crippen LogP contribution in [0.1, 0.15) is 23.0 Å². The molecule has 1 atom stereocenters. The first-order valence-electron chi connectivity index (χ1n) is 9.14. The fraction of sp³-hybridized carbons (Fsp3) is 0.182. The molecule has 30 heavy (non-hydrogen) atoms. The first-order valence-corrected chi connectivity index (χ1v) is 10.4. The predicted molar refractivity (Wildman–Crippen MR) is 120 cm³/mol. The number of anilines is 2. The Labute approximate surface area is 183 Å². The van der Waals surface area contributed by atoms with Gasteiger partial charge in [0.2, 0.25) is 5.91 Å². The second-order valence-corrected chi connectivity index (χ2v) is 8.33. The van der Waals surface area contributed by atoms with E-state index in [4.69, 9.17) is 20.8 Å². The monoisotopic (exact) mass is 444 g/mol. The molecule has 1 heterocycles. The fourth-order valence-corrected chi connectivity index (χ4v) is 3.66. The van der Waals surface area contributed by atoms with Gasteiger partial charge in [0.1, 0.15) is 5.75 Å². The Morgan fingerprint density at radius 1 is 1.13 bits per heavy atom. The molecule has 2 aromatic carbocycles. The SMILES string of the molecule is COc1cc(Cl)c(C)cc1NC(=O)C(C)Sc1ccc(NC(=O)c2ccco2)cc1. The summed E-state index contributed by atoms with van der Waals surface area (Å²) in [6.07, 6.45) is 1.45. The van der Waals surface area contributed by atoms with E-state index in [0.717, 1.165) is 10.5 Å². The topological polar surface area (TPSA) is 80.6 Å². The molecular formula is C22H21ClN2O4S. The molecule has 0 fully saturated rings. The number of carbonyl (C=O) groups is 2. The largest absolute Gasteiger partial charge is 0.495 e. The predicted octanol–water partition coefficient (Wildman–Crippen LogP) is 5.62. The van der Waals surface area contributed by atoms with Crippen molar-refractivity contribution in [3.8, 4) is 5.75 Å². The Bertz CT molecular complexity index is 1040. The van der Waals surface area contributed by atoms with Gasteiger partial charge in [0.05, 0.1) is 24.3 Å². The van der Waals surface area contributed by atoms with E-state index < -0.39 is 0 Å². The van der Waals surface area contributed by atoms with Gasteiger partial charge in [-0.1, -0.05) is 11.6 Å². The lowest BCUT2D eigenvalue weighted by molar-refractivity contribution is -0.115. The summed E-state index contributed by atoms with van der Waals surface area (Å²) >= 11 is 7.52. The molecule has 0 aliphatic heterocycles. The van der Waals surface area contributed by atoms with Crippen molar-refractivity contribution >= 4 is 46.6 Å². The van der Waals surface area contributed by atoms with Crippen molar-refractivity contribution in [3.05, 3.63) is 71.1 Å². The Hall–Kier alpha value is -2.90. The van der Waals surface area contributed by atoms with E-state index in [0.29, 0.717) is 22.1 Å². The van der Waals surface area contributed by atoms with Crippen LogP contribution in [0.25, 0.3) is 0 Å². The first-order chi connectivity index (χ1) is 14.4. The zero-order chi connectivity index (χ0) is 21.7. The van der Waals surface area contributed by atoms with Crippen LogP contribution in [-0.4, -0.2) is 24.2 Å². The van der Waals surface area contributed by atoms with E-state index in [-0.39, 0.29) is 22.8 Å².